The fourth-order valence-electron chi connectivity index (χ4n) is 4.24. The summed E-state index contributed by atoms with van der Waals surface area (Å²) in [5, 5.41) is 7.49. The van der Waals surface area contributed by atoms with Gasteiger partial charge < -0.3 is 14.4 Å². The van der Waals surface area contributed by atoms with E-state index in [4.69, 9.17) is 9.47 Å². The van der Waals surface area contributed by atoms with Gasteiger partial charge in [0.25, 0.3) is 0 Å². The number of aromatic nitrogens is 2. The molecule has 146 valence electrons. The normalized spacial score (nSPS) is 19.7. The molecule has 0 bridgehead atoms. The number of aromatic amines is 1. The molecule has 0 spiro atoms. The average Bonchev–Trinajstić information content (AvgIpc) is 3.31. The van der Waals surface area contributed by atoms with Gasteiger partial charge in [0.05, 0.1) is 11.9 Å². The van der Waals surface area contributed by atoms with Crippen molar-refractivity contribution in [2.45, 2.75) is 26.3 Å². The Morgan fingerprint density at radius 3 is 2.96 bits per heavy atom. The Morgan fingerprint density at radius 1 is 1.26 bits per heavy atom. The quantitative estimate of drug-likeness (QED) is 0.812. The van der Waals surface area contributed by atoms with Crippen LogP contribution in [0, 0.1) is 5.92 Å². The lowest BCUT2D eigenvalue weighted by Crippen LogP contribution is -2.28. The molecule has 2 aliphatic heterocycles. The van der Waals surface area contributed by atoms with Crippen LogP contribution < -0.4 is 9.47 Å². The Kier molecular flexibility index (Phi) is 5.64. The number of H-pyrrole nitrogens is 1. The van der Waals surface area contributed by atoms with Gasteiger partial charge in [-0.3, -0.25) is 10.00 Å². The van der Waals surface area contributed by atoms with E-state index in [9.17, 15) is 0 Å². The van der Waals surface area contributed by atoms with E-state index in [1.165, 1.54) is 38.0 Å². The molecule has 2 aliphatic rings. The molecule has 27 heavy (non-hydrogen) atoms. The standard InChI is InChI=1S/C21H30N4O2/c1-3-7-24(2)13-16-6-8-25(14-16)15-18-12-22-23-21(18)17-4-5-19-20(11-17)27-10-9-26-19/h4-5,11-12,16H,3,6-10,13-15H2,1-2H3,(H,22,23). The fraction of sp³-hybridized carbons (Fsp3) is 0.571. The lowest BCUT2D eigenvalue weighted by Gasteiger charge is -2.21. The molecule has 1 aromatic carbocycles. The third kappa shape index (κ3) is 4.28. The monoisotopic (exact) mass is 370 g/mol. The van der Waals surface area contributed by atoms with Crippen LogP contribution in [0.1, 0.15) is 25.3 Å². The molecule has 1 fully saturated rings. The Labute approximate surface area is 161 Å². The van der Waals surface area contributed by atoms with Crippen molar-refractivity contribution in [3.63, 3.8) is 0 Å². The van der Waals surface area contributed by atoms with E-state index < -0.39 is 0 Å². The van der Waals surface area contributed by atoms with Gasteiger partial charge in [-0.25, -0.2) is 0 Å². The molecule has 1 unspecified atom stereocenters. The summed E-state index contributed by atoms with van der Waals surface area (Å²) in [6.45, 7) is 9.12. The van der Waals surface area contributed by atoms with Gasteiger partial charge in [0.15, 0.2) is 11.5 Å². The fourth-order valence-corrected chi connectivity index (χ4v) is 4.24. The van der Waals surface area contributed by atoms with E-state index in [0.717, 1.165) is 41.8 Å². The molecule has 0 aliphatic carbocycles. The van der Waals surface area contributed by atoms with Crippen molar-refractivity contribution in [2.24, 2.45) is 5.92 Å². The molecule has 6 nitrogen and oxygen atoms in total. The summed E-state index contributed by atoms with van der Waals surface area (Å²) < 4.78 is 11.4. The second-order valence-corrected chi connectivity index (χ2v) is 7.78. The zero-order valence-corrected chi connectivity index (χ0v) is 16.4. The summed E-state index contributed by atoms with van der Waals surface area (Å²) >= 11 is 0. The van der Waals surface area contributed by atoms with Crippen LogP contribution in [0.5, 0.6) is 11.5 Å². The first-order valence-electron chi connectivity index (χ1n) is 10.1. The zero-order chi connectivity index (χ0) is 18.6. The van der Waals surface area contributed by atoms with Crippen molar-refractivity contribution in [3.8, 4) is 22.8 Å². The van der Waals surface area contributed by atoms with E-state index in [1.807, 2.05) is 12.3 Å². The van der Waals surface area contributed by atoms with Crippen LogP contribution in [0.2, 0.25) is 0 Å². The van der Waals surface area contributed by atoms with E-state index in [0.29, 0.717) is 13.2 Å². The SMILES string of the molecule is CCCN(C)CC1CCN(Cc2cn[nH]c2-c2ccc3c(c2)OCCO3)C1. The Balaban J connectivity index is 1.41. The molecular formula is C21H30N4O2. The molecule has 1 aromatic heterocycles. The molecule has 0 amide bonds. The summed E-state index contributed by atoms with van der Waals surface area (Å²) in [7, 11) is 2.24. The zero-order valence-electron chi connectivity index (χ0n) is 16.4. The van der Waals surface area contributed by atoms with Gasteiger partial charge in [0, 0.05) is 30.8 Å². The van der Waals surface area contributed by atoms with Crippen molar-refractivity contribution in [2.75, 3.05) is 46.4 Å². The summed E-state index contributed by atoms with van der Waals surface area (Å²) in [6, 6.07) is 6.12. The van der Waals surface area contributed by atoms with Crippen molar-refractivity contribution >= 4 is 0 Å². The van der Waals surface area contributed by atoms with E-state index in [2.05, 4.69) is 46.1 Å². The van der Waals surface area contributed by atoms with Gasteiger partial charge in [-0.15, -0.1) is 0 Å². The number of nitrogens with zero attached hydrogens (tertiary/aromatic N) is 3. The van der Waals surface area contributed by atoms with Crippen molar-refractivity contribution < 1.29 is 9.47 Å². The van der Waals surface area contributed by atoms with Crippen LogP contribution in [-0.2, 0) is 6.54 Å². The van der Waals surface area contributed by atoms with Crippen LogP contribution in [0.25, 0.3) is 11.3 Å². The number of hydrogen-bond acceptors (Lipinski definition) is 5. The number of ether oxygens (including phenoxy) is 2. The van der Waals surface area contributed by atoms with Gasteiger partial charge in [-0.2, -0.15) is 5.10 Å². The first-order chi connectivity index (χ1) is 13.2. The van der Waals surface area contributed by atoms with Crippen LogP contribution in [0.15, 0.2) is 24.4 Å². The molecule has 1 saturated heterocycles. The summed E-state index contributed by atoms with van der Waals surface area (Å²) in [5.74, 6) is 2.41. The molecule has 0 radical (unpaired) electrons. The Morgan fingerprint density at radius 2 is 2.11 bits per heavy atom. The number of fused-ring (bicyclic) bond motifs is 1. The maximum absolute atomic E-state index is 5.73. The largest absolute Gasteiger partial charge is 0.486 e. The summed E-state index contributed by atoms with van der Waals surface area (Å²) in [4.78, 5) is 5.02. The van der Waals surface area contributed by atoms with Crippen molar-refractivity contribution in [1.82, 2.24) is 20.0 Å². The second kappa shape index (κ2) is 8.31. The Hall–Kier alpha value is -2.05. The molecule has 6 heteroatoms. The van der Waals surface area contributed by atoms with Crippen LogP contribution in [0.4, 0.5) is 0 Å². The topological polar surface area (TPSA) is 53.6 Å². The highest BCUT2D eigenvalue weighted by Gasteiger charge is 2.25. The lowest BCUT2D eigenvalue weighted by molar-refractivity contribution is 0.171. The van der Waals surface area contributed by atoms with Gasteiger partial charge in [-0.05, 0) is 57.1 Å². The predicted molar refractivity (Wildman–Crippen MR) is 106 cm³/mol. The van der Waals surface area contributed by atoms with Gasteiger partial charge in [-0.1, -0.05) is 6.92 Å². The molecule has 2 aromatic rings. The minimum absolute atomic E-state index is 0.605. The number of hydrogen-bond donors (Lipinski definition) is 1. The van der Waals surface area contributed by atoms with Crippen molar-refractivity contribution in [3.05, 3.63) is 30.0 Å². The highest BCUT2D eigenvalue weighted by Crippen LogP contribution is 2.35. The maximum atomic E-state index is 5.73. The molecule has 0 saturated carbocycles. The number of nitrogens with one attached hydrogen (secondary N) is 1. The molecule has 1 atom stereocenters. The minimum Gasteiger partial charge on any atom is -0.486 e. The third-order valence-corrected chi connectivity index (χ3v) is 5.49. The van der Waals surface area contributed by atoms with E-state index in [-0.39, 0.29) is 0 Å². The molecule has 3 heterocycles. The number of benzene rings is 1. The van der Waals surface area contributed by atoms with Gasteiger partial charge in [0.2, 0.25) is 0 Å². The number of likely N-dealkylation sites (tertiary alicyclic amines) is 1. The Bertz CT molecular complexity index is 760. The average molecular weight is 370 g/mol. The van der Waals surface area contributed by atoms with E-state index in [1.54, 1.807) is 0 Å². The molecular weight excluding hydrogens is 340 g/mol. The smallest absolute Gasteiger partial charge is 0.162 e. The van der Waals surface area contributed by atoms with Crippen LogP contribution >= 0.6 is 0 Å². The first-order valence-corrected chi connectivity index (χ1v) is 10.1. The third-order valence-electron chi connectivity index (χ3n) is 5.49. The van der Waals surface area contributed by atoms with Crippen LogP contribution in [0.3, 0.4) is 0 Å². The second-order valence-electron chi connectivity index (χ2n) is 7.78. The van der Waals surface area contributed by atoms with Gasteiger partial charge >= 0.3 is 0 Å². The summed E-state index contributed by atoms with van der Waals surface area (Å²) in [5.41, 5.74) is 3.43. The lowest BCUT2D eigenvalue weighted by atomic mass is 10.1. The first kappa shape index (κ1) is 18.3. The highest BCUT2D eigenvalue weighted by atomic mass is 16.6. The summed E-state index contributed by atoms with van der Waals surface area (Å²) in [6.07, 6.45) is 4.47. The van der Waals surface area contributed by atoms with Gasteiger partial charge in [0.1, 0.15) is 13.2 Å². The highest BCUT2D eigenvalue weighted by molar-refractivity contribution is 5.66. The van der Waals surface area contributed by atoms with Crippen LogP contribution in [-0.4, -0.2) is 66.4 Å². The molecule has 4 rings (SSSR count). The van der Waals surface area contributed by atoms with Crippen molar-refractivity contribution in [1.29, 1.82) is 0 Å². The van der Waals surface area contributed by atoms with E-state index >= 15 is 0 Å². The molecule has 1 N–H and O–H groups in total. The number of rotatable bonds is 7. The predicted octanol–water partition coefficient (Wildman–Crippen LogP) is 3.01. The minimum atomic E-state index is 0.605. The maximum Gasteiger partial charge on any atom is 0.162 e.